The molecule has 0 unspecified atom stereocenters. The summed E-state index contributed by atoms with van der Waals surface area (Å²) < 4.78 is 41.8. The molecule has 3 aromatic rings. The number of benzene rings is 1. The highest BCUT2D eigenvalue weighted by Crippen LogP contribution is 2.22. The van der Waals surface area contributed by atoms with Crippen LogP contribution in [0.3, 0.4) is 0 Å². The molecule has 0 atom stereocenters. The Morgan fingerprint density at radius 1 is 0.952 bits per heavy atom. The first kappa shape index (κ1) is 13.4. The van der Waals surface area contributed by atoms with E-state index in [9.17, 15) is 13.2 Å². The molecule has 6 heteroatoms. The summed E-state index contributed by atoms with van der Waals surface area (Å²) in [6, 6.07) is 6.83. The maximum Gasteiger partial charge on any atom is 0.167 e. The molecule has 0 amide bonds. The summed E-state index contributed by atoms with van der Waals surface area (Å²) in [6.07, 6.45) is 4.68. The molecule has 0 aliphatic carbocycles. The van der Waals surface area contributed by atoms with Crippen molar-refractivity contribution in [3.63, 3.8) is 0 Å². The van der Waals surface area contributed by atoms with Crippen LogP contribution in [-0.4, -0.2) is 14.5 Å². The monoisotopic (exact) mass is 289 g/mol. The Hall–Kier alpha value is -2.63. The molecule has 0 aliphatic heterocycles. The lowest BCUT2D eigenvalue weighted by molar-refractivity contribution is 0.509. The average molecular weight is 289 g/mol. The Kier molecular flexibility index (Phi) is 3.43. The van der Waals surface area contributed by atoms with Gasteiger partial charge in [-0.3, -0.25) is 0 Å². The molecule has 0 fully saturated rings. The first-order valence-electron chi connectivity index (χ1n) is 6.21. The summed E-state index contributed by atoms with van der Waals surface area (Å²) in [5.74, 6) is -2.33. The summed E-state index contributed by atoms with van der Waals surface area (Å²) in [7, 11) is 0. The van der Waals surface area contributed by atoms with Crippen LogP contribution in [0, 0.1) is 17.5 Å². The van der Waals surface area contributed by atoms with E-state index in [1.54, 1.807) is 0 Å². The van der Waals surface area contributed by atoms with E-state index < -0.39 is 17.5 Å². The van der Waals surface area contributed by atoms with E-state index in [-0.39, 0.29) is 11.3 Å². The van der Waals surface area contributed by atoms with Gasteiger partial charge in [-0.2, -0.15) is 0 Å². The lowest BCUT2D eigenvalue weighted by Gasteiger charge is -2.07. The van der Waals surface area contributed by atoms with Gasteiger partial charge in [0, 0.05) is 18.0 Å². The number of nitrogens with zero attached hydrogens (tertiary/aromatic N) is 3. The third kappa shape index (κ3) is 2.79. The first-order valence-corrected chi connectivity index (χ1v) is 6.21. The zero-order valence-corrected chi connectivity index (χ0v) is 10.8. The number of hydrogen-bond donors (Lipinski definition) is 0. The second kappa shape index (κ2) is 5.40. The number of hydrogen-bond acceptors (Lipinski definition) is 2. The van der Waals surface area contributed by atoms with Crippen molar-refractivity contribution in [2.45, 2.75) is 6.54 Å². The lowest BCUT2D eigenvalue weighted by Crippen LogP contribution is -2.04. The molecule has 0 aliphatic rings. The van der Waals surface area contributed by atoms with E-state index in [2.05, 4.69) is 9.97 Å². The summed E-state index contributed by atoms with van der Waals surface area (Å²) in [4.78, 5) is 8.00. The molecule has 3 rings (SSSR count). The van der Waals surface area contributed by atoms with Crippen LogP contribution in [0.2, 0.25) is 0 Å². The summed E-state index contributed by atoms with van der Waals surface area (Å²) in [5, 5.41) is 0. The highest BCUT2D eigenvalue weighted by Gasteiger charge is 2.12. The Morgan fingerprint density at radius 2 is 1.71 bits per heavy atom. The SMILES string of the molecule is Fc1ccc(-c2nc(Cn3cccc3)ncc2F)cc1F. The smallest absolute Gasteiger partial charge is 0.167 e. The quantitative estimate of drug-likeness (QED) is 0.739. The van der Waals surface area contributed by atoms with Gasteiger partial charge in [-0.15, -0.1) is 0 Å². The molecule has 0 N–H and O–H groups in total. The molecular weight excluding hydrogens is 279 g/mol. The van der Waals surface area contributed by atoms with Crippen LogP contribution in [0.4, 0.5) is 13.2 Å². The fraction of sp³-hybridized carbons (Fsp3) is 0.0667. The minimum Gasteiger partial charge on any atom is -0.347 e. The van der Waals surface area contributed by atoms with Crippen molar-refractivity contribution in [1.29, 1.82) is 0 Å². The molecule has 1 aromatic carbocycles. The average Bonchev–Trinajstić information content (AvgIpc) is 2.97. The molecule has 0 saturated heterocycles. The van der Waals surface area contributed by atoms with Crippen LogP contribution >= 0.6 is 0 Å². The maximum absolute atomic E-state index is 13.8. The van der Waals surface area contributed by atoms with Gasteiger partial charge in [0.2, 0.25) is 0 Å². The van der Waals surface area contributed by atoms with Crippen LogP contribution in [0.1, 0.15) is 5.82 Å². The zero-order chi connectivity index (χ0) is 14.8. The Bertz CT molecular complexity index is 770. The van der Waals surface area contributed by atoms with Gasteiger partial charge >= 0.3 is 0 Å². The van der Waals surface area contributed by atoms with Gasteiger partial charge in [-0.25, -0.2) is 23.1 Å². The predicted molar refractivity (Wildman–Crippen MR) is 70.9 cm³/mol. The standard InChI is InChI=1S/C15H10F3N3/c16-11-4-3-10(7-12(11)17)15-13(18)8-19-14(20-15)9-21-5-1-2-6-21/h1-8H,9H2. The number of halogens is 3. The normalized spacial score (nSPS) is 10.8. The van der Waals surface area contributed by atoms with Gasteiger partial charge in [0.15, 0.2) is 17.5 Å². The van der Waals surface area contributed by atoms with E-state index in [1.165, 1.54) is 6.07 Å². The Morgan fingerprint density at radius 3 is 2.43 bits per heavy atom. The minimum absolute atomic E-state index is 0.0499. The van der Waals surface area contributed by atoms with E-state index in [4.69, 9.17) is 0 Å². The molecular formula is C15H10F3N3. The minimum atomic E-state index is -1.04. The first-order chi connectivity index (χ1) is 10.1. The number of aromatic nitrogens is 3. The topological polar surface area (TPSA) is 30.7 Å². The van der Waals surface area contributed by atoms with E-state index in [0.717, 1.165) is 18.3 Å². The zero-order valence-electron chi connectivity index (χ0n) is 10.8. The van der Waals surface area contributed by atoms with E-state index >= 15 is 0 Å². The summed E-state index contributed by atoms with van der Waals surface area (Å²) in [5.41, 5.74) is 0.119. The molecule has 21 heavy (non-hydrogen) atoms. The van der Waals surface area contributed by atoms with Crippen molar-refractivity contribution in [3.8, 4) is 11.3 Å². The molecule has 106 valence electrons. The molecule has 0 spiro atoms. The predicted octanol–water partition coefficient (Wildman–Crippen LogP) is 3.41. The van der Waals surface area contributed by atoms with Crippen molar-refractivity contribution in [1.82, 2.24) is 14.5 Å². The lowest BCUT2D eigenvalue weighted by atomic mass is 10.1. The Labute approximate surface area is 118 Å². The summed E-state index contributed by atoms with van der Waals surface area (Å²) in [6.45, 7) is 0.365. The van der Waals surface area contributed by atoms with E-state index in [0.29, 0.717) is 12.4 Å². The van der Waals surface area contributed by atoms with Crippen molar-refractivity contribution < 1.29 is 13.2 Å². The van der Waals surface area contributed by atoms with Gasteiger partial charge in [0.05, 0.1) is 12.7 Å². The third-order valence-corrected chi connectivity index (χ3v) is 2.98. The molecule has 0 radical (unpaired) electrons. The second-order valence-electron chi connectivity index (χ2n) is 4.47. The van der Waals surface area contributed by atoms with Gasteiger partial charge in [-0.1, -0.05) is 0 Å². The highest BCUT2D eigenvalue weighted by atomic mass is 19.2. The fourth-order valence-corrected chi connectivity index (χ4v) is 1.96. The number of rotatable bonds is 3. The van der Waals surface area contributed by atoms with Crippen LogP contribution in [-0.2, 0) is 6.54 Å². The van der Waals surface area contributed by atoms with Crippen molar-refractivity contribution in [2.24, 2.45) is 0 Å². The van der Waals surface area contributed by atoms with E-state index in [1.807, 2.05) is 29.1 Å². The summed E-state index contributed by atoms with van der Waals surface area (Å²) >= 11 is 0. The molecule has 0 bridgehead atoms. The molecule has 2 heterocycles. The van der Waals surface area contributed by atoms with Crippen LogP contribution in [0.15, 0.2) is 48.9 Å². The second-order valence-corrected chi connectivity index (χ2v) is 4.47. The van der Waals surface area contributed by atoms with Crippen LogP contribution in [0.5, 0.6) is 0 Å². The largest absolute Gasteiger partial charge is 0.347 e. The highest BCUT2D eigenvalue weighted by molar-refractivity contribution is 5.59. The van der Waals surface area contributed by atoms with Gasteiger partial charge in [0.1, 0.15) is 11.5 Å². The Balaban J connectivity index is 1.99. The maximum atomic E-state index is 13.8. The van der Waals surface area contributed by atoms with Crippen molar-refractivity contribution >= 4 is 0 Å². The van der Waals surface area contributed by atoms with Gasteiger partial charge in [0.25, 0.3) is 0 Å². The van der Waals surface area contributed by atoms with Gasteiger partial charge < -0.3 is 4.57 Å². The van der Waals surface area contributed by atoms with Gasteiger partial charge in [-0.05, 0) is 30.3 Å². The van der Waals surface area contributed by atoms with Crippen molar-refractivity contribution in [3.05, 3.63) is 72.2 Å². The molecule has 0 saturated carbocycles. The molecule has 3 nitrogen and oxygen atoms in total. The van der Waals surface area contributed by atoms with Crippen LogP contribution in [0.25, 0.3) is 11.3 Å². The fourth-order valence-electron chi connectivity index (χ4n) is 1.96. The van der Waals surface area contributed by atoms with Crippen LogP contribution < -0.4 is 0 Å². The third-order valence-electron chi connectivity index (χ3n) is 2.98. The van der Waals surface area contributed by atoms with Crippen molar-refractivity contribution in [2.75, 3.05) is 0 Å². The molecule has 2 aromatic heterocycles.